The first-order valence-electron chi connectivity index (χ1n) is 8.08. The van der Waals surface area contributed by atoms with Crippen LogP contribution in [0.2, 0.25) is 0 Å². The molecule has 1 aromatic rings. The van der Waals surface area contributed by atoms with Crippen LogP contribution in [0.1, 0.15) is 12.0 Å². The molecule has 0 atom stereocenters. The normalized spacial score (nSPS) is 14.2. The third-order valence-corrected chi connectivity index (χ3v) is 4.03. The molecule has 0 spiro atoms. The van der Waals surface area contributed by atoms with E-state index in [1.54, 1.807) is 21.3 Å². The zero-order valence-electron chi connectivity index (χ0n) is 15.1. The topological polar surface area (TPSA) is 52.2 Å². The summed E-state index contributed by atoms with van der Waals surface area (Å²) in [6, 6.07) is 3.83. The second-order valence-electron chi connectivity index (χ2n) is 5.50. The van der Waals surface area contributed by atoms with E-state index < -0.39 is 0 Å². The highest BCUT2D eigenvalue weighted by Gasteiger charge is 2.12. The molecule has 1 aliphatic rings. The van der Waals surface area contributed by atoms with Crippen molar-refractivity contribution >= 4 is 0 Å². The average molecular weight is 395 g/mol. The van der Waals surface area contributed by atoms with Crippen LogP contribution in [-0.2, 0) is 11.3 Å². The highest BCUT2D eigenvalue weighted by Crippen LogP contribution is 2.34. The first-order chi connectivity index (χ1) is 11.3. The van der Waals surface area contributed by atoms with Crippen molar-refractivity contribution in [3.63, 3.8) is 0 Å². The van der Waals surface area contributed by atoms with E-state index in [0.29, 0.717) is 5.75 Å². The van der Waals surface area contributed by atoms with Crippen LogP contribution < -0.4 is 44.3 Å². The Morgan fingerprint density at radius 3 is 2.16 bits per heavy atom. The van der Waals surface area contributed by atoms with Gasteiger partial charge in [0.25, 0.3) is 0 Å². The lowest BCUT2D eigenvalue weighted by molar-refractivity contribution is -0.00100. The third-order valence-electron chi connectivity index (χ3n) is 4.03. The number of rotatable bonds is 9. The van der Waals surface area contributed by atoms with Gasteiger partial charge in [-0.2, -0.15) is 0 Å². The van der Waals surface area contributed by atoms with Crippen LogP contribution in [0.5, 0.6) is 17.2 Å². The van der Waals surface area contributed by atoms with E-state index in [-0.39, 0.29) is 24.8 Å². The Morgan fingerprint density at radius 1 is 0.960 bits per heavy atom. The Morgan fingerprint density at radius 2 is 1.56 bits per heavy atom. The molecule has 146 valence electrons. The molecular formula is C17H28Cl2N2O4-2. The summed E-state index contributed by atoms with van der Waals surface area (Å²) in [5.74, 6) is 2.21. The molecule has 1 saturated heterocycles. The largest absolute Gasteiger partial charge is 1.00 e. The Kier molecular flexibility index (Phi) is 12.8. The lowest BCUT2D eigenvalue weighted by Crippen LogP contribution is -3.00. The maximum absolute atomic E-state index is 5.44. The third kappa shape index (κ3) is 7.46. The SMILES string of the molecule is COc1cc(OC)c(OC)cc1CNCCCN1CCOCC1.[Cl-].[Cl-]. The van der Waals surface area contributed by atoms with Gasteiger partial charge in [0.05, 0.1) is 34.5 Å². The van der Waals surface area contributed by atoms with E-state index in [0.717, 1.165) is 69.4 Å². The molecule has 0 radical (unpaired) electrons. The van der Waals surface area contributed by atoms with Crippen LogP contribution in [-0.4, -0.2) is 65.6 Å². The molecule has 1 N–H and O–H groups in total. The summed E-state index contributed by atoms with van der Waals surface area (Å²) < 4.78 is 21.5. The second-order valence-corrected chi connectivity index (χ2v) is 5.50. The van der Waals surface area contributed by atoms with E-state index in [9.17, 15) is 0 Å². The maximum Gasteiger partial charge on any atom is 0.164 e. The molecule has 25 heavy (non-hydrogen) atoms. The van der Waals surface area contributed by atoms with Crippen molar-refractivity contribution in [2.24, 2.45) is 0 Å². The number of ether oxygens (including phenoxy) is 4. The van der Waals surface area contributed by atoms with Crippen LogP contribution in [0.4, 0.5) is 0 Å². The van der Waals surface area contributed by atoms with Crippen LogP contribution in [0.15, 0.2) is 12.1 Å². The lowest BCUT2D eigenvalue weighted by Gasteiger charge is -2.26. The summed E-state index contributed by atoms with van der Waals surface area (Å²) in [5, 5.41) is 3.47. The van der Waals surface area contributed by atoms with Gasteiger partial charge in [0.2, 0.25) is 0 Å². The number of methoxy groups -OCH3 is 3. The van der Waals surface area contributed by atoms with E-state index in [1.165, 1.54) is 0 Å². The number of benzene rings is 1. The molecule has 0 unspecified atom stereocenters. The minimum absolute atomic E-state index is 0. The summed E-state index contributed by atoms with van der Waals surface area (Å²) in [5.41, 5.74) is 1.07. The molecule has 1 fully saturated rings. The molecule has 1 heterocycles. The molecule has 0 bridgehead atoms. The minimum atomic E-state index is 0. The second kappa shape index (κ2) is 13.3. The van der Waals surface area contributed by atoms with Crippen LogP contribution in [0.3, 0.4) is 0 Å². The molecule has 2 rings (SSSR count). The highest BCUT2D eigenvalue weighted by atomic mass is 35.5. The molecule has 0 aliphatic carbocycles. The molecular weight excluding hydrogens is 367 g/mol. The van der Waals surface area contributed by atoms with E-state index in [4.69, 9.17) is 18.9 Å². The fourth-order valence-electron chi connectivity index (χ4n) is 2.71. The summed E-state index contributed by atoms with van der Waals surface area (Å²) >= 11 is 0. The Balaban J connectivity index is 0.00000288. The zero-order chi connectivity index (χ0) is 16.5. The monoisotopic (exact) mass is 394 g/mol. The summed E-state index contributed by atoms with van der Waals surface area (Å²) in [6.45, 7) is 6.63. The van der Waals surface area contributed by atoms with Gasteiger partial charge in [0.1, 0.15) is 5.75 Å². The number of halogens is 2. The van der Waals surface area contributed by atoms with Gasteiger partial charge in [-0.15, -0.1) is 0 Å². The summed E-state index contributed by atoms with van der Waals surface area (Å²) in [7, 11) is 4.94. The van der Waals surface area contributed by atoms with Gasteiger partial charge in [-0.3, -0.25) is 4.90 Å². The zero-order valence-corrected chi connectivity index (χ0v) is 16.7. The van der Waals surface area contributed by atoms with Gasteiger partial charge in [-0.1, -0.05) is 0 Å². The first kappa shape index (κ1) is 24.1. The van der Waals surface area contributed by atoms with Crippen molar-refractivity contribution in [1.29, 1.82) is 0 Å². The lowest BCUT2D eigenvalue weighted by atomic mass is 10.1. The summed E-state index contributed by atoms with van der Waals surface area (Å²) in [4.78, 5) is 2.45. The van der Waals surface area contributed by atoms with Crippen molar-refractivity contribution < 1.29 is 43.8 Å². The number of hydrogen-bond acceptors (Lipinski definition) is 6. The van der Waals surface area contributed by atoms with Gasteiger partial charge < -0.3 is 49.1 Å². The van der Waals surface area contributed by atoms with Crippen LogP contribution in [0, 0.1) is 0 Å². The molecule has 0 amide bonds. The van der Waals surface area contributed by atoms with Gasteiger partial charge >= 0.3 is 0 Å². The van der Waals surface area contributed by atoms with E-state index in [2.05, 4.69) is 10.2 Å². The maximum atomic E-state index is 5.44. The molecule has 0 aromatic heterocycles. The fraction of sp³-hybridized carbons (Fsp3) is 0.647. The minimum Gasteiger partial charge on any atom is -1.00 e. The first-order valence-corrected chi connectivity index (χ1v) is 8.08. The number of hydrogen-bond donors (Lipinski definition) is 1. The van der Waals surface area contributed by atoms with Crippen LogP contribution in [0.25, 0.3) is 0 Å². The predicted octanol–water partition coefficient (Wildman–Crippen LogP) is -4.47. The quantitative estimate of drug-likeness (QED) is 0.426. The smallest absolute Gasteiger partial charge is 0.164 e. The number of nitrogens with zero attached hydrogens (tertiary/aromatic N) is 1. The Hall–Kier alpha value is -0.920. The van der Waals surface area contributed by atoms with Gasteiger partial charge in [0, 0.05) is 31.3 Å². The molecule has 1 aliphatic heterocycles. The molecule has 6 nitrogen and oxygen atoms in total. The van der Waals surface area contributed by atoms with Crippen molar-refractivity contribution in [2.75, 3.05) is 60.7 Å². The standard InChI is InChI=1S/C17H28N2O4.2ClH/c1-20-15-12-17(22-3)16(21-2)11-14(15)13-18-5-4-6-19-7-9-23-10-8-19;;/h11-12,18H,4-10,13H2,1-3H3;2*1H/p-2. The molecule has 0 saturated carbocycles. The fourth-order valence-corrected chi connectivity index (χ4v) is 2.71. The molecule has 1 aromatic carbocycles. The number of morpholine rings is 1. The van der Waals surface area contributed by atoms with Crippen LogP contribution >= 0.6 is 0 Å². The van der Waals surface area contributed by atoms with Crippen molar-refractivity contribution in [2.45, 2.75) is 13.0 Å². The van der Waals surface area contributed by atoms with E-state index >= 15 is 0 Å². The van der Waals surface area contributed by atoms with Crippen molar-refractivity contribution in [3.8, 4) is 17.2 Å². The predicted molar refractivity (Wildman–Crippen MR) is 89.7 cm³/mol. The molecule has 8 heteroatoms. The van der Waals surface area contributed by atoms with Gasteiger partial charge in [0.15, 0.2) is 11.5 Å². The van der Waals surface area contributed by atoms with Crippen molar-refractivity contribution in [3.05, 3.63) is 17.7 Å². The number of nitrogens with one attached hydrogen (secondary N) is 1. The average Bonchev–Trinajstić information content (AvgIpc) is 2.61. The Bertz CT molecular complexity index is 486. The Labute approximate surface area is 163 Å². The highest BCUT2D eigenvalue weighted by molar-refractivity contribution is 5.50. The van der Waals surface area contributed by atoms with Crippen molar-refractivity contribution in [1.82, 2.24) is 10.2 Å². The van der Waals surface area contributed by atoms with E-state index in [1.807, 2.05) is 12.1 Å². The van der Waals surface area contributed by atoms with Gasteiger partial charge in [-0.05, 0) is 25.6 Å². The summed E-state index contributed by atoms with van der Waals surface area (Å²) in [6.07, 6.45) is 1.12. The van der Waals surface area contributed by atoms with Gasteiger partial charge in [-0.25, -0.2) is 0 Å².